The van der Waals surface area contributed by atoms with E-state index in [0.29, 0.717) is 0 Å². The first-order valence-electron chi connectivity index (χ1n) is 9.21. The first-order valence-corrected chi connectivity index (χ1v) is 9.96. The molecule has 0 amide bonds. The van der Waals surface area contributed by atoms with Crippen LogP contribution in [0.15, 0.2) is 78.9 Å². The van der Waals surface area contributed by atoms with Gasteiger partial charge in [-0.1, -0.05) is 77.8 Å². The fourth-order valence-electron chi connectivity index (χ4n) is 3.85. The molecule has 4 rings (SSSR count). The second kappa shape index (κ2) is 8.45. The van der Waals surface area contributed by atoms with Gasteiger partial charge in [-0.15, -0.1) is 0 Å². The predicted octanol–water partition coefficient (Wildman–Crippen LogP) is 6.01. The van der Waals surface area contributed by atoms with Gasteiger partial charge in [-0.05, 0) is 41.0 Å². The van der Waals surface area contributed by atoms with Crippen molar-refractivity contribution in [3.63, 3.8) is 0 Å². The lowest BCUT2D eigenvalue weighted by atomic mass is 10.1. The van der Waals surface area contributed by atoms with Crippen molar-refractivity contribution < 1.29 is 0 Å². The van der Waals surface area contributed by atoms with Crippen LogP contribution in [0.4, 0.5) is 0 Å². The highest BCUT2D eigenvalue weighted by atomic mass is 35.5. The third kappa shape index (κ3) is 4.53. The molecule has 138 valence electrons. The average Bonchev–Trinajstić information content (AvgIpc) is 3.04. The highest BCUT2D eigenvalue weighted by Gasteiger charge is 2.33. The monoisotopic (exact) mass is 396 g/mol. The molecule has 0 N–H and O–H groups in total. The summed E-state index contributed by atoms with van der Waals surface area (Å²) in [5.41, 5.74) is 3.81. The third-order valence-corrected chi connectivity index (χ3v) is 5.48. The zero-order valence-electron chi connectivity index (χ0n) is 15.1. The first kappa shape index (κ1) is 18.5. The van der Waals surface area contributed by atoms with E-state index < -0.39 is 0 Å². The summed E-state index contributed by atoms with van der Waals surface area (Å²) in [5.74, 6) is 0. The quantitative estimate of drug-likeness (QED) is 0.520. The van der Waals surface area contributed by atoms with E-state index in [1.165, 1.54) is 16.7 Å². The Bertz CT molecular complexity index is 842. The molecule has 0 aromatic heterocycles. The van der Waals surface area contributed by atoms with Crippen LogP contribution in [0.1, 0.15) is 22.9 Å². The Morgan fingerprint density at radius 2 is 1.19 bits per heavy atom. The SMILES string of the molecule is Clc1cccc(CN2CCN(Cc3cccc(Cl)c3)C2c2ccccc2)c1. The summed E-state index contributed by atoms with van der Waals surface area (Å²) >= 11 is 12.4. The highest BCUT2D eigenvalue weighted by Crippen LogP contribution is 2.33. The molecule has 0 spiro atoms. The van der Waals surface area contributed by atoms with Gasteiger partial charge in [0.1, 0.15) is 0 Å². The van der Waals surface area contributed by atoms with Crippen LogP contribution >= 0.6 is 23.2 Å². The van der Waals surface area contributed by atoms with Crippen molar-refractivity contribution in [1.29, 1.82) is 0 Å². The molecule has 0 radical (unpaired) electrons. The lowest BCUT2D eigenvalue weighted by Crippen LogP contribution is -2.30. The molecule has 0 aliphatic carbocycles. The Labute approximate surface area is 170 Å². The zero-order valence-corrected chi connectivity index (χ0v) is 16.6. The van der Waals surface area contributed by atoms with E-state index in [9.17, 15) is 0 Å². The molecule has 0 unspecified atom stereocenters. The van der Waals surface area contributed by atoms with Crippen LogP contribution < -0.4 is 0 Å². The Morgan fingerprint density at radius 3 is 1.67 bits per heavy atom. The Morgan fingerprint density at radius 1 is 0.667 bits per heavy atom. The molecular weight excluding hydrogens is 375 g/mol. The molecule has 27 heavy (non-hydrogen) atoms. The average molecular weight is 397 g/mol. The number of rotatable bonds is 5. The number of nitrogens with zero attached hydrogens (tertiary/aromatic N) is 2. The Hall–Kier alpha value is -1.84. The van der Waals surface area contributed by atoms with E-state index in [2.05, 4.69) is 64.4 Å². The van der Waals surface area contributed by atoms with Crippen LogP contribution in [0.2, 0.25) is 10.0 Å². The minimum atomic E-state index is 0.240. The van der Waals surface area contributed by atoms with Gasteiger partial charge in [0.05, 0.1) is 6.17 Å². The van der Waals surface area contributed by atoms with E-state index in [1.807, 2.05) is 24.3 Å². The van der Waals surface area contributed by atoms with Crippen LogP contribution in [0.25, 0.3) is 0 Å². The molecule has 1 saturated heterocycles. The molecular formula is C23H22Cl2N2. The van der Waals surface area contributed by atoms with Gasteiger partial charge in [0.15, 0.2) is 0 Å². The van der Waals surface area contributed by atoms with Crippen molar-refractivity contribution in [2.24, 2.45) is 0 Å². The summed E-state index contributed by atoms with van der Waals surface area (Å²) in [7, 11) is 0. The summed E-state index contributed by atoms with van der Waals surface area (Å²) < 4.78 is 0. The van der Waals surface area contributed by atoms with Crippen molar-refractivity contribution in [2.75, 3.05) is 13.1 Å². The molecule has 2 nitrogen and oxygen atoms in total. The maximum absolute atomic E-state index is 6.19. The second-order valence-corrected chi connectivity index (χ2v) is 7.86. The Kier molecular flexibility index (Phi) is 5.80. The zero-order chi connectivity index (χ0) is 18.6. The molecule has 4 heteroatoms. The van der Waals surface area contributed by atoms with E-state index in [4.69, 9.17) is 23.2 Å². The van der Waals surface area contributed by atoms with Crippen molar-refractivity contribution >= 4 is 23.2 Å². The topological polar surface area (TPSA) is 6.48 Å². The summed E-state index contributed by atoms with van der Waals surface area (Å²) in [4.78, 5) is 5.04. The Balaban J connectivity index is 1.60. The van der Waals surface area contributed by atoms with Crippen LogP contribution in [0, 0.1) is 0 Å². The summed E-state index contributed by atoms with van der Waals surface area (Å²) in [6.07, 6.45) is 0.240. The maximum atomic E-state index is 6.19. The van der Waals surface area contributed by atoms with Gasteiger partial charge in [-0.2, -0.15) is 0 Å². The van der Waals surface area contributed by atoms with E-state index in [-0.39, 0.29) is 6.17 Å². The molecule has 0 saturated carbocycles. The van der Waals surface area contributed by atoms with E-state index >= 15 is 0 Å². The second-order valence-electron chi connectivity index (χ2n) is 6.99. The lowest BCUT2D eigenvalue weighted by Gasteiger charge is -2.31. The van der Waals surface area contributed by atoms with Crippen LogP contribution in [-0.4, -0.2) is 22.9 Å². The largest absolute Gasteiger partial charge is 0.279 e. The highest BCUT2D eigenvalue weighted by molar-refractivity contribution is 6.30. The smallest absolute Gasteiger partial charge is 0.0892 e. The minimum Gasteiger partial charge on any atom is -0.279 e. The number of halogens is 2. The molecule has 0 atom stereocenters. The van der Waals surface area contributed by atoms with Crippen molar-refractivity contribution in [1.82, 2.24) is 9.80 Å². The molecule has 0 bridgehead atoms. The minimum absolute atomic E-state index is 0.240. The third-order valence-electron chi connectivity index (χ3n) is 5.01. The molecule has 1 fully saturated rings. The van der Waals surface area contributed by atoms with Crippen LogP contribution in [0.3, 0.4) is 0 Å². The normalized spacial score (nSPS) is 16.1. The van der Waals surface area contributed by atoms with Gasteiger partial charge in [-0.25, -0.2) is 0 Å². The lowest BCUT2D eigenvalue weighted by molar-refractivity contribution is 0.126. The van der Waals surface area contributed by atoms with Gasteiger partial charge in [0.25, 0.3) is 0 Å². The van der Waals surface area contributed by atoms with E-state index in [1.54, 1.807) is 0 Å². The molecule has 3 aromatic rings. The van der Waals surface area contributed by atoms with Crippen molar-refractivity contribution in [3.8, 4) is 0 Å². The molecule has 3 aromatic carbocycles. The van der Waals surface area contributed by atoms with E-state index in [0.717, 1.165) is 36.2 Å². The summed E-state index contributed by atoms with van der Waals surface area (Å²) in [6, 6.07) is 27.0. The van der Waals surface area contributed by atoms with Crippen molar-refractivity contribution in [3.05, 3.63) is 106 Å². The standard InChI is InChI=1S/C23H22Cl2N2/c24-21-10-4-6-18(14-21)16-26-12-13-27(17-19-7-5-11-22(25)15-19)23(26)20-8-2-1-3-9-20/h1-11,14-15,23H,12-13,16-17H2. The number of hydrogen-bond donors (Lipinski definition) is 0. The van der Waals surface area contributed by atoms with Crippen LogP contribution in [0.5, 0.6) is 0 Å². The fraction of sp³-hybridized carbons (Fsp3) is 0.217. The number of hydrogen-bond acceptors (Lipinski definition) is 2. The fourth-order valence-corrected chi connectivity index (χ4v) is 4.28. The first-order chi connectivity index (χ1) is 13.2. The number of benzene rings is 3. The van der Waals surface area contributed by atoms with Gasteiger partial charge in [0.2, 0.25) is 0 Å². The van der Waals surface area contributed by atoms with Gasteiger partial charge in [-0.3, -0.25) is 9.80 Å². The van der Waals surface area contributed by atoms with Gasteiger partial charge in [0, 0.05) is 36.2 Å². The molecule has 1 aliphatic rings. The van der Waals surface area contributed by atoms with Gasteiger partial charge >= 0.3 is 0 Å². The van der Waals surface area contributed by atoms with Crippen molar-refractivity contribution in [2.45, 2.75) is 19.3 Å². The summed E-state index contributed by atoms with van der Waals surface area (Å²) in [5, 5.41) is 1.58. The van der Waals surface area contributed by atoms with Crippen LogP contribution in [-0.2, 0) is 13.1 Å². The van der Waals surface area contributed by atoms with Gasteiger partial charge < -0.3 is 0 Å². The summed E-state index contributed by atoms with van der Waals surface area (Å²) in [6.45, 7) is 3.80. The molecule has 1 aliphatic heterocycles. The maximum Gasteiger partial charge on any atom is 0.0892 e. The molecule has 1 heterocycles. The predicted molar refractivity (Wildman–Crippen MR) is 113 cm³/mol.